The van der Waals surface area contributed by atoms with E-state index >= 15 is 0 Å². The summed E-state index contributed by atoms with van der Waals surface area (Å²) in [6.45, 7) is 9.24. The first kappa shape index (κ1) is 14.1. The largest absolute Gasteiger partial charge is 0.248 e. The van der Waals surface area contributed by atoms with Crippen LogP contribution in [0.5, 0.6) is 0 Å². The highest BCUT2D eigenvalue weighted by atomic mass is 15.1. The van der Waals surface area contributed by atoms with Gasteiger partial charge in [-0.1, -0.05) is 37.4 Å². The van der Waals surface area contributed by atoms with Gasteiger partial charge in [0.2, 0.25) is 12.7 Å². The van der Waals surface area contributed by atoms with Gasteiger partial charge in [-0.3, -0.25) is 0 Å². The molecule has 0 aliphatic heterocycles. The second kappa shape index (κ2) is 6.26. The average Bonchev–Trinajstić information content (AvgIpc) is 3.18. The first-order valence-electron chi connectivity index (χ1n) is 7.23. The Balaban J connectivity index is 1.82. The van der Waals surface area contributed by atoms with Gasteiger partial charge in [-0.05, 0) is 0 Å². The lowest BCUT2D eigenvalue weighted by Gasteiger charge is -2.05. The third-order valence-corrected chi connectivity index (χ3v) is 3.67. The van der Waals surface area contributed by atoms with E-state index in [4.69, 9.17) is 0 Å². The first-order chi connectivity index (χ1) is 10.8. The fourth-order valence-electron chi connectivity index (χ4n) is 2.48. The van der Waals surface area contributed by atoms with Crippen LogP contribution in [0.25, 0.3) is 12.4 Å². The Labute approximate surface area is 130 Å². The van der Waals surface area contributed by atoms with Gasteiger partial charge in [-0.25, -0.2) is 18.3 Å². The predicted molar refractivity (Wildman–Crippen MR) is 86.7 cm³/mol. The molecule has 4 heteroatoms. The molecule has 2 heterocycles. The molecule has 0 aliphatic rings. The van der Waals surface area contributed by atoms with Crippen molar-refractivity contribution in [1.82, 2.24) is 9.13 Å². The van der Waals surface area contributed by atoms with Crippen LogP contribution >= 0.6 is 0 Å². The number of benzene rings is 1. The molecule has 0 radical (unpaired) electrons. The number of imidazole rings is 2. The molecule has 2 aromatic heterocycles. The van der Waals surface area contributed by atoms with Crippen molar-refractivity contribution in [3.63, 3.8) is 0 Å². The number of hydrogen-bond donors (Lipinski definition) is 0. The molecule has 110 valence electrons. The highest BCUT2D eigenvalue weighted by molar-refractivity contribution is 5.25. The minimum atomic E-state index is 0.847. The fraction of sp³-hybridized carbons (Fsp3) is 0.111. The summed E-state index contributed by atoms with van der Waals surface area (Å²) in [5, 5.41) is 0. The third kappa shape index (κ3) is 3.06. The Morgan fingerprint density at radius 1 is 0.818 bits per heavy atom. The van der Waals surface area contributed by atoms with E-state index in [0.717, 1.165) is 13.1 Å². The van der Waals surface area contributed by atoms with Crippen LogP contribution in [0, 0.1) is 0 Å². The molecule has 3 aromatic rings. The summed E-state index contributed by atoms with van der Waals surface area (Å²) in [7, 11) is 0. The van der Waals surface area contributed by atoms with Crippen molar-refractivity contribution in [2.75, 3.05) is 0 Å². The van der Waals surface area contributed by atoms with Gasteiger partial charge in [-0.15, -0.1) is 0 Å². The lowest BCUT2D eigenvalue weighted by atomic mass is 10.1. The van der Waals surface area contributed by atoms with Crippen molar-refractivity contribution in [3.05, 3.63) is 86.0 Å². The van der Waals surface area contributed by atoms with E-state index in [0.29, 0.717) is 0 Å². The van der Waals surface area contributed by atoms with Gasteiger partial charge < -0.3 is 0 Å². The standard InChI is InChI=1S/C18H20N4/c1-3-19-9-11-21(15-19)13-17-7-5-6-8-18(17)14-22-12-10-20(4-2)16-22/h3-12,15-16H,1-2,13-14H2/q+2. The lowest BCUT2D eigenvalue weighted by Crippen LogP contribution is -2.35. The first-order valence-corrected chi connectivity index (χ1v) is 7.23. The zero-order valence-corrected chi connectivity index (χ0v) is 12.5. The monoisotopic (exact) mass is 292 g/mol. The van der Waals surface area contributed by atoms with Crippen LogP contribution in [-0.4, -0.2) is 9.13 Å². The minimum Gasteiger partial charge on any atom is -0.232 e. The van der Waals surface area contributed by atoms with Gasteiger partial charge in [-0.2, -0.15) is 0 Å². The number of rotatable bonds is 6. The zero-order valence-electron chi connectivity index (χ0n) is 12.5. The van der Waals surface area contributed by atoms with Gasteiger partial charge in [0, 0.05) is 11.1 Å². The number of nitrogens with zero attached hydrogens (tertiary/aromatic N) is 4. The maximum atomic E-state index is 3.77. The highest BCUT2D eigenvalue weighted by Gasteiger charge is 2.10. The second-order valence-corrected chi connectivity index (χ2v) is 5.20. The average molecular weight is 292 g/mol. The van der Waals surface area contributed by atoms with Crippen LogP contribution in [0.3, 0.4) is 0 Å². The highest BCUT2D eigenvalue weighted by Crippen LogP contribution is 2.08. The molecule has 0 bridgehead atoms. The normalized spacial score (nSPS) is 10.5. The van der Waals surface area contributed by atoms with Crippen molar-refractivity contribution < 1.29 is 9.13 Å². The van der Waals surface area contributed by atoms with Crippen molar-refractivity contribution in [3.8, 4) is 0 Å². The molecule has 0 saturated carbocycles. The Morgan fingerprint density at radius 3 is 1.64 bits per heavy atom. The van der Waals surface area contributed by atoms with Crippen LogP contribution in [0.4, 0.5) is 0 Å². The van der Waals surface area contributed by atoms with Gasteiger partial charge >= 0.3 is 0 Å². The summed E-state index contributed by atoms with van der Waals surface area (Å²) in [6.07, 6.45) is 15.7. The Bertz CT molecular complexity index is 728. The molecular weight excluding hydrogens is 272 g/mol. The summed E-state index contributed by atoms with van der Waals surface area (Å²) in [5.41, 5.74) is 2.63. The molecule has 3 rings (SSSR count). The molecule has 1 aromatic carbocycles. The van der Waals surface area contributed by atoms with Crippen LogP contribution in [0.1, 0.15) is 11.1 Å². The predicted octanol–water partition coefficient (Wildman–Crippen LogP) is 2.16. The van der Waals surface area contributed by atoms with E-state index in [1.54, 1.807) is 12.4 Å². The fourth-order valence-corrected chi connectivity index (χ4v) is 2.48. The van der Waals surface area contributed by atoms with E-state index in [1.165, 1.54) is 11.1 Å². The maximum absolute atomic E-state index is 3.77. The molecule has 0 saturated heterocycles. The third-order valence-electron chi connectivity index (χ3n) is 3.67. The van der Waals surface area contributed by atoms with E-state index in [2.05, 4.69) is 59.0 Å². The van der Waals surface area contributed by atoms with Gasteiger partial charge in [0.15, 0.2) is 0 Å². The van der Waals surface area contributed by atoms with Crippen LogP contribution in [0.15, 0.2) is 74.9 Å². The van der Waals surface area contributed by atoms with Crippen molar-refractivity contribution in [2.45, 2.75) is 13.1 Å². The van der Waals surface area contributed by atoms with Crippen LogP contribution in [0.2, 0.25) is 0 Å². The van der Waals surface area contributed by atoms with Crippen molar-refractivity contribution >= 4 is 12.4 Å². The minimum absolute atomic E-state index is 0.847. The van der Waals surface area contributed by atoms with Crippen molar-refractivity contribution in [1.29, 1.82) is 0 Å². The molecule has 22 heavy (non-hydrogen) atoms. The van der Waals surface area contributed by atoms with E-state index < -0.39 is 0 Å². The van der Waals surface area contributed by atoms with E-state index in [1.807, 2.05) is 34.2 Å². The summed E-state index contributed by atoms with van der Waals surface area (Å²) < 4.78 is 8.20. The number of aromatic nitrogens is 4. The smallest absolute Gasteiger partial charge is 0.232 e. The maximum Gasteiger partial charge on any atom is 0.248 e. The molecule has 0 unspecified atom stereocenters. The summed E-state index contributed by atoms with van der Waals surface area (Å²) >= 11 is 0. The topological polar surface area (TPSA) is 17.6 Å². The molecule has 4 nitrogen and oxygen atoms in total. The second-order valence-electron chi connectivity index (χ2n) is 5.20. The molecule has 0 spiro atoms. The molecule has 0 aliphatic carbocycles. The molecule has 0 atom stereocenters. The molecule has 0 amide bonds. The van der Waals surface area contributed by atoms with E-state index in [9.17, 15) is 0 Å². The zero-order chi connectivity index (χ0) is 15.4. The van der Waals surface area contributed by atoms with E-state index in [-0.39, 0.29) is 0 Å². The van der Waals surface area contributed by atoms with Crippen LogP contribution in [-0.2, 0) is 13.1 Å². The summed E-state index contributed by atoms with van der Waals surface area (Å²) in [5.74, 6) is 0. The van der Waals surface area contributed by atoms with Gasteiger partial charge in [0.1, 0.15) is 37.9 Å². The Kier molecular flexibility index (Phi) is 4.01. The van der Waals surface area contributed by atoms with Gasteiger partial charge in [0.05, 0.1) is 12.4 Å². The van der Waals surface area contributed by atoms with Crippen LogP contribution < -0.4 is 9.13 Å². The summed E-state index contributed by atoms with van der Waals surface area (Å²) in [4.78, 5) is 0. The summed E-state index contributed by atoms with van der Waals surface area (Å²) in [6, 6.07) is 8.53. The van der Waals surface area contributed by atoms with Gasteiger partial charge in [0.25, 0.3) is 0 Å². The van der Waals surface area contributed by atoms with Crippen molar-refractivity contribution in [2.24, 2.45) is 0 Å². The SMILES string of the molecule is C=Cn1cc[n+](Cc2ccccc2C[n+]2ccn(C=C)c2)c1. The quantitative estimate of drug-likeness (QED) is 0.620. The Morgan fingerprint density at radius 2 is 1.27 bits per heavy atom. The number of hydrogen-bond acceptors (Lipinski definition) is 0. The molecular formula is C18H20N4+2. The molecule has 0 N–H and O–H groups in total. The lowest BCUT2D eigenvalue weighted by molar-refractivity contribution is -0.692. The molecule has 0 fully saturated rings. The Hall–Kier alpha value is -2.88.